The van der Waals surface area contributed by atoms with Crippen molar-refractivity contribution >= 4 is 11.7 Å². The summed E-state index contributed by atoms with van der Waals surface area (Å²) >= 11 is 0. The summed E-state index contributed by atoms with van der Waals surface area (Å²) in [6.07, 6.45) is 12.3. The first-order chi connectivity index (χ1) is 8.27. The van der Waals surface area contributed by atoms with Crippen molar-refractivity contribution in [2.24, 2.45) is 16.8 Å². The van der Waals surface area contributed by atoms with E-state index in [1.807, 2.05) is 0 Å². The summed E-state index contributed by atoms with van der Waals surface area (Å²) < 4.78 is 0. The predicted molar refractivity (Wildman–Crippen MR) is 71.0 cm³/mol. The number of hydrogen-bond acceptors (Lipinski definition) is 2. The zero-order valence-corrected chi connectivity index (χ0v) is 10.3. The fourth-order valence-corrected chi connectivity index (χ4v) is 2.84. The van der Waals surface area contributed by atoms with Crippen LogP contribution in [-0.2, 0) is 0 Å². The second-order valence-corrected chi connectivity index (χ2v) is 4.95. The number of nitrogens with zero attached hydrogens (tertiary/aromatic N) is 1. The lowest BCUT2D eigenvalue weighted by atomic mass is 9.78. The third-order valence-corrected chi connectivity index (χ3v) is 3.67. The van der Waals surface area contributed by atoms with Crippen molar-refractivity contribution in [3.05, 3.63) is 11.6 Å². The van der Waals surface area contributed by atoms with Gasteiger partial charge in [-0.3, -0.25) is 5.41 Å². The van der Waals surface area contributed by atoms with Gasteiger partial charge in [0.1, 0.15) is 0 Å². The molecule has 4 heteroatoms. The molecular weight excluding hydrogens is 212 g/mol. The number of nitrogens with one attached hydrogen (secondary N) is 2. The summed E-state index contributed by atoms with van der Waals surface area (Å²) in [5, 5.41) is 11.5. The molecule has 17 heavy (non-hydrogen) atoms. The first kappa shape index (κ1) is 12.1. The van der Waals surface area contributed by atoms with Gasteiger partial charge in [0.25, 0.3) is 0 Å². The molecule has 0 bridgehead atoms. The minimum absolute atomic E-state index is 0.0700. The SMILES string of the molecule is N=C(N)N/N=C1\CCCCC1C1=CCCCC1. The Kier molecular flexibility index (Phi) is 4.18. The number of guanidine groups is 1. The number of hydrazone groups is 1. The average molecular weight is 234 g/mol. The van der Waals surface area contributed by atoms with Crippen LogP contribution >= 0.6 is 0 Å². The molecule has 2 aliphatic rings. The molecule has 0 aromatic carbocycles. The van der Waals surface area contributed by atoms with E-state index in [0.717, 1.165) is 6.42 Å². The van der Waals surface area contributed by atoms with Gasteiger partial charge in [-0.15, -0.1) is 0 Å². The van der Waals surface area contributed by atoms with E-state index < -0.39 is 0 Å². The predicted octanol–water partition coefficient (Wildman–Crippen LogP) is 2.52. The Morgan fingerprint density at radius 1 is 1.29 bits per heavy atom. The molecule has 2 aliphatic carbocycles. The number of allylic oxidation sites excluding steroid dienone is 2. The van der Waals surface area contributed by atoms with Crippen molar-refractivity contribution in [2.45, 2.75) is 51.4 Å². The molecule has 1 atom stereocenters. The minimum atomic E-state index is -0.0700. The molecule has 4 nitrogen and oxygen atoms in total. The fraction of sp³-hybridized carbons (Fsp3) is 0.692. The standard InChI is InChI=1S/C13H22N4/c14-13(15)17-16-12-9-5-4-8-11(12)10-6-2-1-3-7-10/h6,11H,1-5,7-9H2,(H4,14,15,17)/b16-12+. The Balaban J connectivity index is 2.08. The van der Waals surface area contributed by atoms with E-state index in [0.29, 0.717) is 5.92 Å². The van der Waals surface area contributed by atoms with Crippen LogP contribution < -0.4 is 11.2 Å². The van der Waals surface area contributed by atoms with Crippen LogP contribution in [0, 0.1) is 11.3 Å². The molecule has 0 aliphatic heterocycles. The minimum Gasteiger partial charge on any atom is -0.369 e. The van der Waals surface area contributed by atoms with Gasteiger partial charge in [0, 0.05) is 11.6 Å². The van der Waals surface area contributed by atoms with Gasteiger partial charge in [-0.1, -0.05) is 18.1 Å². The summed E-state index contributed by atoms with van der Waals surface area (Å²) in [5.74, 6) is 0.440. The Morgan fingerprint density at radius 3 is 2.82 bits per heavy atom. The summed E-state index contributed by atoms with van der Waals surface area (Å²) in [5.41, 5.74) is 10.7. The fourth-order valence-electron chi connectivity index (χ4n) is 2.84. The summed E-state index contributed by atoms with van der Waals surface area (Å²) in [7, 11) is 0. The third kappa shape index (κ3) is 3.32. The van der Waals surface area contributed by atoms with E-state index in [2.05, 4.69) is 16.6 Å². The number of rotatable bonds is 2. The first-order valence-electron chi connectivity index (χ1n) is 6.63. The van der Waals surface area contributed by atoms with E-state index in [1.165, 1.54) is 50.7 Å². The zero-order chi connectivity index (χ0) is 12.1. The van der Waals surface area contributed by atoms with Gasteiger partial charge in [0.15, 0.2) is 0 Å². The molecule has 0 amide bonds. The molecule has 1 fully saturated rings. The molecule has 0 heterocycles. The van der Waals surface area contributed by atoms with Gasteiger partial charge < -0.3 is 5.73 Å². The monoisotopic (exact) mass is 234 g/mol. The molecular formula is C13H22N4. The van der Waals surface area contributed by atoms with Crippen LogP contribution in [0.2, 0.25) is 0 Å². The Labute approximate surface area is 103 Å². The van der Waals surface area contributed by atoms with Crippen molar-refractivity contribution < 1.29 is 0 Å². The van der Waals surface area contributed by atoms with Crippen molar-refractivity contribution in [3.8, 4) is 0 Å². The second-order valence-electron chi connectivity index (χ2n) is 4.95. The molecule has 0 radical (unpaired) electrons. The van der Waals surface area contributed by atoms with Gasteiger partial charge in [-0.25, -0.2) is 5.43 Å². The van der Waals surface area contributed by atoms with Crippen LogP contribution in [-0.4, -0.2) is 11.7 Å². The van der Waals surface area contributed by atoms with Crippen LogP contribution in [0.4, 0.5) is 0 Å². The molecule has 4 N–H and O–H groups in total. The van der Waals surface area contributed by atoms with Crippen molar-refractivity contribution in [1.29, 1.82) is 5.41 Å². The van der Waals surface area contributed by atoms with Gasteiger partial charge >= 0.3 is 0 Å². The normalized spacial score (nSPS) is 27.6. The summed E-state index contributed by atoms with van der Waals surface area (Å²) in [6, 6.07) is 0. The van der Waals surface area contributed by atoms with Gasteiger partial charge in [0.05, 0.1) is 0 Å². The summed E-state index contributed by atoms with van der Waals surface area (Å²) in [4.78, 5) is 0. The highest BCUT2D eigenvalue weighted by atomic mass is 15.3. The average Bonchev–Trinajstić information content (AvgIpc) is 2.38. The van der Waals surface area contributed by atoms with Gasteiger partial charge in [-0.2, -0.15) is 5.10 Å². The molecule has 0 aromatic rings. The second kappa shape index (κ2) is 5.84. The topological polar surface area (TPSA) is 74.3 Å². The van der Waals surface area contributed by atoms with Gasteiger partial charge in [-0.05, 0) is 44.9 Å². The van der Waals surface area contributed by atoms with Gasteiger partial charge in [0.2, 0.25) is 5.96 Å². The maximum Gasteiger partial charge on any atom is 0.206 e. The lowest BCUT2D eigenvalue weighted by molar-refractivity contribution is 0.537. The molecule has 0 saturated heterocycles. The third-order valence-electron chi connectivity index (χ3n) is 3.67. The van der Waals surface area contributed by atoms with Crippen LogP contribution in [0.5, 0.6) is 0 Å². The zero-order valence-electron chi connectivity index (χ0n) is 10.3. The van der Waals surface area contributed by atoms with E-state index >= 15 is 0 Å². The van der Waals surface area contributed by atoms with E-state index in [-0.39, 0.29) is 5.96 Å². The molecule has 94 valence electrons. The van der Waals surface area contributed by atoms with Crippen molar-refractivity contribution in [3.63, 3.8) is 0 Å². The van der Waals surface area contributed by atoms with Crippen LogP contribution in [0.25, 0.3) is 0 Å². The van der Waals surface area contributed by atoms with Crippen LogP contribution in [0.3, 0.4) is 0 Å². The number of hydrogen-bond donors (Lipinski definition) is 3. The smallest absolute Gasteiger partial charge is 0.206 e. The summed E-state index contributed by atoms with van der Waals surface area (Å²) in [6.45, 7) is 0. The molecule has 0 aromatic heterocycles. The highest BCUT2D eigenvalue weighted by Crippen LogP contribution is 2.33. The van der Waals surface area contributed by atoms with E-state index in [4.69, 9.17) is 11.1 Å². The number of nitrogens with two attached hydrogens (primary N) is 1. The van der Waals surface area contributed by atoms with Crippen LogP contribution in [0.1, 0.15) is 51.4 Å². The van der Waals surface area contributed by atoms with Crippen molar-refractivity contribution in [2.75, 3.05) is 0 Å². The quantitative estimate of drug-likeness (QED) is 0.297. The highest BCUT2D eigenvalue weighted by Gasteiger charge is 2.24. The molecule has 2 rings (SSSR count). The van der Waals surface area contributed by atoms with Crippen LogP contribution in [0.15, 0.2) is 16.8 Å². The molecule has 0 spiro atoms. The Bertz CT molecular complexity index is 343. The maximum absolute atomic E-state index is 7.17. The first-order valence-corrected chi connectivity index (χ1v) is 6.63. The Morgan fingerprint density at radius 2 is 2.12 bits per heavy atom. The van der Waals surface area contributed by atoms with E-state index in [1.54, 1.807) is 5.57 Å². The van der Waals surface area contributed by atoms with E-state index in [9.17, 15) is 0 Å². The maximum atomic E-state index is 7.17. The lowest BCUT2D eigenvalue weighted by Gasteiger charge is -2.28. The Hall–Kier alpha value is -1.32. The molecule has 1 unspecified atom stereocenters. The highest BCUT2D eigenvalue weighted by molar-refractivity contribution is 5.90. The molecule has 1 saturated carbocycles. The largest absolute Gasteiger partial charge is 0.369 e. The van der Waals surface area contributed by atoms with Crippen molar-refractivity contribution in [1.82, 2.24) is 5.43 Å². The lowest BCUT2D eigenvalue weighted by Crippen LogP contribution is -2.30.